The lowest BCUT2D eigenvalue weighted by molar-refractivity contribution is 0.516. The molecule has 1 aliphatic heterocycles. The highest BCUT2D eigenvalue weighted by Gasteiger charge is 2.28. The van der Waals surface area contributed by atoms with Crippen molar-refractivity contribution in [2.75, 3.05) is 18.0 Å². The van der Waals surface area contributed by atoms with Crippen molar-refractivity contribution in [1.29, 1.82) is 0 Å². The fraction of sp³-hybridized carbons (Fsp3) is 0.538. The molecule has 0 bridgehead atoms. The Balaban J connectivity index is 2.38. The van der Waals surface area contributed by atoms with Gasteiger partial charge in [-0.05, 0) is 24.5 Å². The van der Waals surface area contributed by atoms with Crippen molar-refractivity contribution in [3.8, 4) is 0 Å². The molecule has 76 valence electrons. The molecule has 0 saturated carbocycles. The van der Waals surface area contributed by atoms with Crippen molar-refractivity contribution in [3.05, 3.63) is 29.8 Å². The van der Waals surface area contributed by atoms with E-state index in [0.717, 1.165) is 18.4 Å². The Morgan fingerprint density at radius 3 is 2.71 bits per heavy atom. The monoisotopic (exact) mass is 189 g/mol. The minimum absolute atomic E-state index is 0.728. The number of rotatable bonds is 2. The summed E-state index contributed by atoms with van der Waals surface area (Å²) in [7, 11) is 0. The molecule has 0 amide bonds. The van der Waals surface area contributed by atoms with Crippen LogP contribution in [0.3, 0.4) is 0 Å². The average Bonchev–Trinajstić information content (AvgIpc) is 2.56. The van der Waals surface area contributed by atoms with Crippen LogP contribution < -0.4 is 4.90 Å². The Morgan fingerprint density at radius 1 is 1.36 bits per heavy atom. The van der Waals surface area contributed by atoms with Crippen LogP contribution in [0.5, 0.6) is 0 Å². The van der Waals surface area contributed by atoms with E-state index in [1.807, 2.05) is 0 Å². The standard InChI is InChI=1S/C13H19N/c1-4-14-9-12(10(2)3)11-7-5-6-8-13(11)14/h5-8,10,12H,4,9H2,1-3H3. The number of likely N-dealkylation sites (N-methyl/N-ethyl adjacent to an activating group) is 1. The van der Waals surface area contributed by atoms with E-state index in [-0.39, 0.29) is 0 Å². The third-order valence-electron chi connectivity index (χ3n) is 3.28. The summed E-state index contributed by atoms with van der Waals surface area (Å²) < 4.78 is 0. The first-order chi connectivity index (χ1) is 6.74. The van der Waals surface area contributed by atoms with Gasteiger partial charge in [0.25, 0.3) is 0 Å². The van der Waals surface area contributed by atoms with Crippen LogP contribution in [0.4, 0.5) is 5.69 Å². The lowest BCUT2D eigenvalue weighted by Crippen LogP contribution is -2.22. The van der Waals surface area contributed by atoms with Crippen molar-refractivity contribution in [2.24, 2.45) is 5.92 Å². The molecule has 0 radical (unpaired) electrons. The molecule has 2 rings (SSSR count). The molecular formula is C13H19N. The quantitative estimate of drug-likeness (QED) is 0.690. The first kappa shape index (κ1) is 9.57. The Kier molecular flexibility index (Phi) is 2.49. The van der Waals surface area contributed by atoms with Crippen LogP contribution >= 0.6 is 0 Å². The summed E-state index contributed by atoms with van der Waals surface area (Å²) in [4.78, 5) is 2.49. The minimum atomic E-state index is 0.728. The lowest BCUT2D eigenvalue weighted by Gasteiger charge is -2.18. The molecule has 1 atom stereocenters. The maximum absolute atomic E-state index is 2.49. The van der Waals surface area contributed by atoms with Gasteiger partial charge in [0.2, 0.25) is 0 Å². The molecular weight excluding hydrogens is 170 g/mol. The van der Waals surface area contributed by atoms with Crippen molar-refractivity contribution < 1.29 is 0 Å². The first-order valence-electron chi connectivity index (χ1n) is 5.58. The maximum atomic E-state index is 2.49. The number of fused-ring (bicyclic) bond motifs is 1. The molecule has 0 fully saturated rings. The van der Waals surface area contributed by atoms with E-state index in [1.165, 1.54) is 12.2 Å². The predicted molar refractivity (Wildman–Crippen MR) is 61.9 cm³/mol. The second-order valence-corrected chi connectivity index (χ2v) is 4.45. The topological polar surface area (TPSA) is 3.24 Å². The Hall–Kier alpha value is -0.980. The number of hydrogen-bond donors (Lipinski definition) is 0. The van der Waals surface area contributed by atoms with Crippen LogP contribution in [0.1, 0.15) is 32.3 Å². The van der Waals surface area contributed by atoms with Crippen LogP contribution in [0.25, 0.3) is 0 Å². The van der Waals surface area contributed by atoms with Gasteiger partial charge in [-0.1, -0.05) is 32.0 Å². The molecule has 1 aliphatic rings. The second-order valence-electron chi connectivity index (χ2n) is 4.45. The van der Waals surface area contributed by atoms with Gasteiger partial charge in [0.15, 0.2) is 0 Å². The average molecular weight is 189 g/mol. The van der Waals surface area contributed by atoms with Crippen LogP contribution in [0, 0.1) is 5.92 Å². The second kappa shape index (κ2) is 3.64. The van der Waals surface area contributed by atoms with E-state index in [9.17, 15) is 0 Å². The first-order valence-corrected chi connectivity index (χ1v) is 5.58. The van der Waals surface area contributed by atoms with Crippen molar-refractivity contribution >= 4 is 5.69 Å². The van der Waals surface area contributed by atoms with E-state index in [0.29, 0.717) is 0 Å². The van der Waals surface area contributed by atoms with Gasteiger partial charge in [-0.2, -0.15) is 0 Å². The van der Waals surface area contributed by atoms with Gasteiger partial charge in [-0.15, -0.1) is 0 Å². The van der Waals surface area contributed by atoms with Crippen LogP contribution in [-0.4, -0.2) is 13.1 Å². The number of para-hydroxylation sites is 1. The summed E-state index contributed by atoms with van der Waals surface area (Å²) in [5.41, 5.74) is 3.00. The van der Waals surface area contributed by atoms with Crippen LogP contribution in [0.2, 0.25) is 0 Å². The molecule has 1 aromatic rings. The summed E-state index contributed by atoms with van der Waals surface area (Å²) in [5, 5.41) is 0. The van der Waals surface area contributed by atoms with E-state index in [2.05, 4.69) is 49.9 Å². The van der Waals surface area contributed by atoms with Gasteiger partial charge in [-0.3, -0.25) is 0 Å². The van der Waals surface area contributed by atoms with Crippen LogP contribution in [0.15, 0.2) is 24.3 Å². The maximum Gasteiger partial charge on any atom is 0.0402 e. The number of nitrogens with zero attached hydrogens (tertiary/aromatic N) is 1. The lowest BCUT2D eigenvalue weighted by atomic mass is 9.90. The van der Waals surface area contributed by atoms with Crippen molar-refractivity contribution in [1.82, 2.24) is 0 Å². The van der Waals surface area contributed by atoms with E-state index in [4.69, 9.17) is 0 Å². The molecule has 1 heterocycles. The van der Waals surface area contributed by atoms with Crippen molar-refractivity contribution in [2.45, 2.75) is 26.7 Å². The minimum Gasteiger partial charge on any atom is -0.371 e. The molecule has 0 aliphatic carbocycles. The zero-order chi connectivity index (χ0) is 10.1. The zero-order valence-electron chi connectivity index (χ0n) is 9.33. The Bertz CT molecular complexity index is 317. The zero-order valence-corrected chi connectivity index (χ0v) is 9.33. The van der Waals surface area contributed by atoms with Gasteiger partial charge >= 0.3 is 0 Å². The summed E-state index contributed by atoms with van der Waals surface area (Å²) in [5.74, 6) is 1.47. The highest BCUT2D eigenvalue weighted by atomic mass is 15.1. The Labute approximate surface area is 86.7 Å². The van der Waals surface area contributed by atoms with Crippen molar-refractivity contribution in [3.63, 3.8) is 0 Å². The molecule has 1 aromatic carbocycles. The highest BCUT2D eigenvalue weighted by Crippen LogP contribution is 2.39. The molecule has 0 saturated heterocycles. The summed E-state index contributed by atoms with van der Waals surface area (Å²) >= 11 is 0. The molecule has 0 spiro atoms. The van der Waals surface area contributed by atoms with Gasteiger partial charge in [0, 0.05) is 24.7 Å². The Morgan fingerprint density at radius 2 is 2.07 bits per heavy atom. The summed E-state index contributed by atoms with van der Waals surface area (Å²) in [6.07, 6.45) is 0. The summed E-state index contributed by atoms with van der Waals surface area (Å²) in [6, 6.07) is 8.84. The van der Waals surface area contributed by atoms with Gasteiger partial charge in [-0.25, -0.2) is 0 Å². The summed E-state index contributed by atoms with van der Waals surface area (Å²) in [6.45, 7) is 9.20. The van der Waals surface area contributed by atoms with Gasteiger partial charge in [0.1, 0.15) is 0 Å². The SMILES string of the molecule is CCN1CC(C(C)C)c2ccccc21. The molecule has 1 heteroatoms. The normalized spacial score (nSPS) is 20.3. The molecule has 0 aromatic heterocycles. The third kappa shape index (κ3) is 1.41. The van der Waals surface area contributed by atoms with E-state index >= 15 is 0 Å². The fourth-order valence-corrected chi connectivity index (χ4v) is 2.39. The number of anilines is 1. The molecule has 1 unspecified atom stereocenters. The number of benzene rings is 1. The fourth-order valence-electron chi connectivity index (χ4n) is 2.39. The highest BCUT2D eigenvalue weighted by molar-refractivity contribution is 5.60. The molecule has 1 nitrogen and oxygen atoms in total. The number of hydrogen-bond acceptors (Lipinski definition) is 1. The predicted octanol–water partition coefficient (Wildman–Crippen LogP) is 3.27. The smallest absolute Gasteiger partial charge is 0.0402 e. The third-order valence-corrected chi connectivity index (χ3v) is 3.28. The van der Waals surface area contributed by atoms with Crippen LogP contribution in [-0.2, 0) is 0 Å². The van der Waals surface area contributed by atoms with E-state index in [1.54, 1.807) is 5.56 Å². The molecule has 14 heavy (non-hydrogen) atoms. The molecule has 0 N–H and O–H groups in total. The van der Waals surface area contributed by atoms with Gasteiger partial charge in [0.05, 0.1) is 0 Å². The largest absolute Gasteiger partial charge is 0.371 e. The van der Waals surface area contributed by atoms with Gasteiger partial charge < -0.3 is 4.90 Å². The van der Waals surface area contributed by atoms with E-state index < -0.39 is 0 Å².